The SMILES string of the molecule is CCc1cc(N2CCN(C)CC2CN)ncn1. The van der Waals surface area contributed by atoms with Crippen LogP contribution in [0.3, 0.4) is 0 Å². The van der Waals surface area contributed by atoms with E-state index in [-0.39, 0.29) is 0 Å². The van der Waals surface area contributed by atoms with Gasteiger partial charge in [0, 0.05) is 37.9 Å². The van der Waals surface area contributed by atoms with Crippen molar-refractivity contribution in [1.82, 2.24) is 14.9 Å². The van der Waals surface area contributed by atoms with Gasteiger partial charge in [0.05, 0.1) is 6.04 Å². The summed E-state index contributed by atoms with van der Waals surface area (Å²) in [4.78, 5) is 13.2. The molecular formula is C12H21N5. The molecule has 0 spiro atoms. The number of aryl methyl sites for hydroxylation is 1. The van der Waals surface area contributed by atoms with Gasteiger partial charge in [0.1, 0.15) is 12.1 Å². The lowest BCUT2D eigenvalue weighted by atomic mass is 10.1. The average molecular weight is 235 g/mol. The maximum absolute atomic E-state index is 5.85. The van der Waals surface area contributed by atoms with Crippen molar-refractivity contribution in [3.63, 3.8) is 0 Å². The molecule has 0 saturated carbocycles. The predicted octanol–water partition coefficient (Wildman–Crippen LogP) is 0.118. The number of hydrogen-bond acceptors (Lipinski definition) is 5. The maximum Gasteiger partial charge on any atom is 0.132 e. The Morgan fingerprint density at radius 3 is 2.94 bits per heavy atom. The molecule has 1 fully saturated rings. The first-order chi connectivity index (χ1) is 8.24. The van der Waals surface area contributed by atoms with E-state index in [2.05, 4.69) is 39.8 Å². The second-order valence-corrected chi connectivity index (χ2v) is 4.57. The molecule has 1 aromatic heterocycles. The summed E-state index contributed by atoms with van der Waals surface area (Å²) >= 11 is 0. The van der Waals surface area contributed by atoms with Crippen molar-refractivity contribution in [3.05, 3.63) is 18.1 Å². The summed E-state index contributed by atoms with van der Waals surface area (Å²) in [5, 5.41) is 0. The van der Waals surface area contributed by atoms with E-state index in [0.29, 0.717) is 12.6 Å². The molecule has 2 rings (SSSR count). The van der Waals surface area contributed by atoms with Crippen molar-refractivity contribution < 1.29 is 0 Å². The smallest absolute Gasteiger partial charge is 0.132 e. The molecule has 2 heterocycles. The first-order valence-corrected chi connectivity index (χ1v) is 6.20. The van der Waals surface area contributed by atoms with E-state index in [1.165, 1.54) is 0 Å². The van der Waals surface area contributed by atoms with E-state index >= 15 is 0 Å². The Balaban J connectivity index is 2.19. The normalized spacial score (nSPS) is 21.8. The van der Waals surface area contributed by atoms with Crippen LogP contribution in [0.15, 0.2) is 12.4 Å². The second kappa shape index (κ2) is 5.42. The molecule has 17 heavy (non-hydrogen) atoms. The fourth-order valence-electron chi connectivity index (χ4n) is 2.25. The van der Waals surface area contributed by atoms with E-state index < -0.39 is 0 Å². The minimum Gasteiger partial charge on any atom is -0.350 e. The third kappa shape index (κ3) is 2.73. The number of rotatable bonds is 3. The Kier molecular flexibility index (Phi) is 3.91. The van der Waals surface area contributed by atoms with Gasteiger partial charge in [0.15, 0.2) is 0 Å². The molecule has 0 aromatic carbocycles. The molecule has 5 heteroatoms. The summed E-state index contributed by atoms with van der Waals surface area (Å²) in [6.07, 6.45) is 2.59. The van der Waals surface area contributed by atoms with Crippen molar-refractivity contribution in [3.8, 4) is 0 Å². The number of aromatic nitrogens is 2. The van der Waals surface area contributed by atoms with E-state index in [1.807, 2.05) is 0 Å². The second-order valence-electron chi connectivity index (χ2n) is 4.57. The predicted molar refractivity (Wildman–Crippen MR) is 69.1 cm³/mol. The molecule has 0 bridgehead atoms. The number of anilines is 1. The molecular weight excluding hydrogens is 214 g/mol. The summed E-state index contributed by atoms with van der Waals surface area (Å²) in [5.74, 6) is 1.01. The number of nitrogens with zero attached hydrogens (tertiary/aromatic N) is 4. The van der Waals surface area contributed by atoms with E-state index in [9.17, 15) is 0 Å². The molecule has 1 aliphatic rings. The van der Waals surface area contributed by atoms with Gasteiger partial charge in [-0.1, -0.05) is 6.92 Å². The van der Waals surface area contributed by atoms with Gasteiger partial charge in [-0.05, 0) is 13.5 Å². The zero-order valence-corrected chi connectivity index (χ0v) is 10.6. The molecule has 1 atom stereocenters. The molecule has 0 aliphatic carbocycles. The first kappa shape index (κ1) is 12.3. The molecule has 1 aromatic rings. The van der Waals surface area contributed by atoms with Crippen LogP contribution in [0.25, 0.3) is 0 Å². The average Bonchev–Trinajstić information content (AvgIpc) is 2.38. The van der Waals surface area contributed by atoms with Crippen LogP contribution < -0.4 is 10.6 Å². The third-order valence-corrected chi connectivity index (χ3v) is 3.32. The third-order valence-electron chi connectivity index (χ3n) is 3.32. The Labute approximate surface area is 103 Å². The molecule has 94 valence electrons. The Bertz CT molecular complexity index is 368. The van der Waals surface area contributed by atoms with Gasteiger partial charge in [-0.15, -0.1) is 0 Å². The van der Waals surface area contributed by atoms with Crippen LogP contribution in [-0.4, -0.2) is 54.1 Å². The first-order valence-electron chi connectivity index (χ1n) is 6.20. The topological polar surface area (TPSA) is 58.3 Å². The number of piperazine rings is 1. The zero-order valence-electron chi connectivity index (χ0n) is 10.6. The highest BCUT2D eigenvalue weighted by atomic mass is 15.3. The van der Waals surface area contributed by atoms with Crippen LogP contribution in [0.2, 0.25) is 0 Å². The summed E-state index contributed by atoms with van der Waals surface area (Å²) in [5.41, 5.74) is 6.94. The number of likely N-dealkylation sites (N-methyl/N-ethyl adjacent to an activating group) is 1. The lowest BCUT2D eigenvalue weighted by molar-refractivity contribution is 0.268. The lowest BCUT2D eigenvalue weighted by Gasteiger charge is -2.40. The highest BCUT2D eigenvalue weighted by Crippen LogP contribution is 2.17. The van der Waals surface area contributed by atoms with Crippen LogP contribution in [0.5, 0.6) is 0 Å². The minimum atomic E-state index is 0.355. The minimum absolute atomic E-state index is 0.355. The van der Waals surface area contributed by atoms with Crippen LogP contribution in [-0.2, 0) is 6.42 Å². The molecule has 1 aliphatic heterocycles. The van der Waals surface area contributed by atoms with Gasteiger partial charge >= 0.3 is 0 Å². The molecule has 1 unspecified atom stereocenters. The van der Waals surface area contributed by atoms with Gasteiger partial charge < -0.3 is 15.5 Å². The quantitative estimate of drug-likeness (QED) is 0.806. The van der Waals surface area contributed by atoms with Gasteiger partial charge in [-0.3, -0.25) is 0 Å². The van der Waals surface area contributed by atoms with Gasteiger partial charge in [0.25, 0.3) is 0 Å². The Morgan fingerprint density at radius 1 is 1.41 bits per heavy atom. The largest absolute Gasteiger partial charge is 0.350 e. The van der Waals surface area contributed by atoms with Crippen LogP contribution in [0, 0.1) is 0 Å². The standard InChI is InChI=1S/C12H21N5/c1-3-10-6-12(15-9-14-10)17-5-4-16(2)8-11(17)7-13/h6,9,11H,3-5,7-8,13H2,1-2H3. The van der Waals surface area contributed by atoms with E-state index in [4.69, 9.17) is 5.73 Å². The Morgan fingerprint density at radius 2 is 2.24 bits per heavy atom. The summed E-state index contributed by atoms with van der Waals surface area (Å²) in [7, 11) is 2.14. The van der Waals surface area contributed by atoms with Crippen molar-refractivity contribution >= 4 is 5.82 Å². The zero-order chi connectivity index (χ0) is 12.3. The number of hydrogen-bond donors (Lipinski definition) is 1. The highest BCUT2D eigenvalue weighted by Gasteiger charge is 2.25. The molecule has 0 radical (unpaired) electrons. The fourth-order valence-corrected chi connectivity index (χ4v) is 2.25. The van der Waals surface area contributed by atoms with Crippen LogP contribution in [0.4, 0.5) is 5.82 Å². The summed E-state index contributed by atoms with van der Waals surface area (Å²) in [6.45, 7) is 5.81. The lowest BCUT2D eigenvalue weighted by Crippen LogP contribution is -2.55. The summed E-state index contributed by atoms with van der Waals surface area (Å²) in [6, 6.07) is 2.43. The van der Waals surface area contributed by atoms with Crippen molar-refractivity contribution in [1.29, 1.82) is 0 Å². The monoisotopic (exact) mass is 235 g/mol. The van der Waals surface area contributed by atoms with Crippen LogP contribution in [0.1, 0.15) is 12.6 Å². The Hall–Kier alpha value is -1.20. The molecule has 5 nitrogen and oxygen atoms in total. The van der Waals surface area contributed by atoms with E-state index in [0.717, 1.165) is 37.6 Å². The van der Waals surface area contributed by atoms with Gasteiger partial charge in [0.2, 0.25) is 0 Å². The molecule has 0 amide bonds. The van der Waals surface area contributed by atoms with Gasteiger partial charge in [-0.2, -0.15) is 0 Å². The molecule has 2 N–H and O–H groups in total. The molecule has 1 saturated heterocycles. The van der Waals surface area contributed by atoms with Crippen molar-refractivity contribution in [2.75, 3.05) is 38.1 Å². The van der Waals surface area contributed by atoms with Gasteiger partial charge in [-0.25, -0.2) is 9.97 Å². The van der Waals surface area contributed by atoms with Crippen LogP contribution >= 0.6 is 0 Å². The highest BCUT2D eigenvalue weighted by molar-refractivity contribution is 5.41. The van der Waals surface area contributed by atoms with Crippen molar-refractivity contribution in [2.45, 2.75) is 19.4 Å². The van der Waals surface area contributed by atoms with Crippen molar-refractivity contribution in [2.24, 2.45) is 5.73 Å². The summed E-state index contributed by atoms with van der Waals surface area (Å²) < 4.78 is 0. The maximum atomic E-state index is 5.85. The number of nitrogens with two attached hydrogens (primary N) is 1. The van der Waals surface area contributed by atoms with E-state index in [1.54, 1.807) is 6.33 Å². The fraction of sp³-hybridized carbons (Fsp3) is 0.667.